The Bertz CT molecular complexity index is 527. The zero-order chi connectivity index (χ0) is 13.7. The summed E-state index contributed by atoms with van der Waals surface area (Å²) in [6.45, 7) is 6.83. The summed E-state index contributed by atoms with van der Waals surface area (Å²) in [6, 6.07) is 6.50. The van der Waals surface area contributed by atoms with Crippen molar-refractivity contribution in [2.75, 3.05) is 11.9 Å². The largest absolute Gasteiger partial charge is 0.478 e. The molecular weight excluding hydrogens is 258 g/mol. The van der Waals surface area contributed by atoms with Crippen LogP contribution in [0.4, 0.5) is 5.82 Å². The van der Waals surface area contributed by atoms with Crippen LogP contribution >= 0.6 is 11.3 Å². The van der Waals surface area contributed by atoms with Gasteiger partial charge in [-0.25, -0.2) is 9.97 Å². The number of aryl methyl sites for hydroxylation is 1. The van der Waals surface area contributed by atoms with Crippen LogP contribution in [0.3, 0.4) is 0 Å². The molecule has 1 atom stereocenters. The van der Waals surface area contributed by atoms with Crippen molar-refractivity contribution in [1.82, 2.24) is 9.97 Å². The van der Waals surface area contributed by atoms with Crippen LogP contribution in [0.1, 0.15) is 23.6 Å². The second-order valence-corrected chi connectivity index (χ2v) is 5.81. The average Bonchev–Trinajstić information content (AvgIpc) is 2.75. The summed E-state index contributed by atoms with van der Waals surface area (Å²) in [5, 5.41) is 3.37. The van der Waals surface area contributed by atoms with Gasteiger partial charge in [-0.2, -0.15) is 0 Å². The van der Waals surface area contributed by atoms with Crippen molar-refractivity contribution in [3.05, 3.63) is 34.3 Å². The van der Waals surface area contributed by atoms with Gasteiger partial charge in [-0.3, -0.25) is 0 Å². The smallest absolute Gasteiger partial charge is 0.218 e. The maximum Gasteiger partial charge on any atom is 0.218 e. The van der Waals surface area contributed by atoms with E-state index in [4.69, 9.17) is 4.74 Å². The third-order valence-electron chi connectivity index (χ3n) is 2.63. The van der Waals surface area contributed by atoms with E-state index in [-0.39, 0.29) is 0 Å². The van der Waals surface area contributed by atoms with E-state index < -0.39 is 0 Å². The predicted molar refractivity (Wildman–Crippen MR) is 79.0 cm³/mol. The molecule has 2 aromatic heterocycles. The van der Waals surface area contributed by atoms with Crippen LogP contribution in [0.15, 0.2) is 24.5 Å². The van der Waals surface area contributed by atoms with E-state index in [1.165, 1.54) is 16.1 Å². The molecule has 2 heterocycles. The Morgan fingerprint density at radius 2 is 2.21 bits per heavy atom. The number of thiophene rings is 1. The Hall–Kier alpha value is -1.62. The van der Waals surface area contributed by atoms with Crippen LogP contribution in [0.25, 0.3) is 0 Å². The predicted octanol–water partition coefficient (Wildman–Crippen LogP) is 3.29. The van der Waals surface area contributed by atoms with E-state index >= 15 is 0 Å². The molecule has 2 aromatic rings. The number of ether oxygens (including phenoxy) is 1. The fraction of sp³-hybridized carbons (Fsp3) is 0.429. The van der Waals surface area contributed by atoms with Gasteiger partial charge in [-0.05, 0) is 32.9 Å². The molecule has 5 heteroatoms. The third-order valence-corrected chi connectivity index (χ3v) is 3.65. The molecular formula is C14H19N3OS. The quantitative estimate of drug-likeness (QED) is 0.880. The molecule has 1 N–H and O–H groups in total. The van der Waals surface area contributed by atoms with Gasteiger partial charge < -0.3 is 10.1 Å². The van der Waals surface area contributed by atoms with Gasteiger partial charge in [0.05, 0.1) is 6.61 Å². The van der Waals surface area contributed by atoms with E-state index in [0.717, 1.165) is 12.2 Å². The van der Waals surface area contributed by atoms with Crippen molar-refractivity contribution < 1.29 is 4.74 Å². The second kappa shape index (κ2) is 6.52. The summed E-state index contributed by atoms with van der Waals surface area (Å²) < 4.78 is 5.36. The summed E-state index contributed by atoms with van der Waals surface area (Å²) in [7, 11) is 0. The van der Waals surface area contributed by atoms with Crippen LogP contribution < -0.4 is 10.1 Å². The van der Waals surface area contributed by atoms with Gasteiger partial charge >= 0.3 is 0 Å². The summed E-state index contributed by atoms with van der Waals surface area (Å²) in [4.78, 5) is 11.0. The highest BCUT2D eigenvalue weighted by atomic mass is 32.1. The van der Waals surface area contributed by atoms with Crippen molar-refractivity contribution in [3.63, 3.8) is 0 Å². The van der Waals surface area contributed by atoms with E-state index in [1.54, 1.807) is 0 Å². The maximum absolute atomic E-state index is 5.36. The number of hydrogen-bond acceptors (Lipinski definition) is 5. The summed E-state index contributed by atoms with van der Waals surface area (Å²) in [5.74, 6) is 1.42. The minimum atomic E-state index is 0.322. The summed E-state index contributed by atoms with van der Waals surface area (Å²) >= 11 is 1.84. The zero-order valence-electron chi connectivity index (χ0n) is 11.5. The lowest BCUT2D eigenvalue weighted by Gasteiger charge is -2.13. The van der Waals surface area contributed by atoms with Gasteiger partial charge in [0.15, 0.2) is 0 Å². The highest BCUT2D eigenvalue weighted by molar-refractivity contribution is 7.11. The molecule has 0 fully saturated rings. The summed E-state index contributed by atoms with van der Waals surface area (Å²) in [6.07, 6.45) is 2.52. The highest BCUT2D eigenvalue weighted by Crippen LogP contribution is 2.18. The first-order chi connectivity index (χ1) is 9.17. The van der Waals surface area contributed by atoms with Crippen molar-refractivity contribution in [3.8, 4) is 5.88 Å². The minimum Gasteiger partial charge on any atom is -0.478 e. The normalized spacial score (nSPS) is 12.2. The molecule has 0 saturated heterocycles. The second-order valence-electron chi connectivity index (χ2n) is 4.44. The number of aromatic nitrogens is 2. The van der Waals surface area contributed by atoms with Gasteiger partial charge in [0.2, 0.25) is 5.88 Å². The highest BCUT2D eigenvalue weighted by Gasteiger charge is 2.07. The Morgan fingerprint density at radius 1 is 1.37 bits per heavy atom. The Balaban J connectivity index is 1.94. The number of nitrogens with zero attached hydrogens (tertiary/aromatic N) is 2. The number of hydrogen-bond donors (Lipinski definition) is 1. The van der Waals surface area contributed by atoms with Crippen molar-refractivity contribution in [1.29, 1.82) is 0 Å². The van der Waals surface area contributed by atoms with Crippen LogP contribution in [-0.2, 0) is 6.42 Å². The van der Waals surface area contributed by atoms with Crippen molar-refractivity contribution in [2.24, 2.45) is 0 Å². The first-order valence-corrected chi connectivity index (χ1v) is 7.25. The lowest BCUT2D eigenvalue weighted by atomic mass is 10.2. The molecule has 102 valence electrons. The first-order valence-electron chi connectivity index (χ1n) is 6.44. The zero-order valence-corrected chi connectivity index (χ0v) is 12.3. The van der Waals surface area contributed by atoms with E-state index in [1.807, 2.05) is 24.3 Å². The van der Waals surface area contributed by atoms with Gasteiger partial charge in [0.25, 0.3) is 0 Å². The van der Waals surface area contributed by atoms with Gasteiger partial charge in [0, 0.05) is 28.3 Å². The Kier molecular flexibility index (Phi) is 4.74. The molecule has 19 heavy (non-hydrogen) atoms. The van der Waals surface area contributed by atoms with E-state index in [0.29, 0.717) is 18.5 Å². The van der Waals surface area contributed by atoms with Crippen LogP contribution in [-0.4, -0.2) is 22.6 Å². The molecule has 0 aliphatic heterocycles. The van der Waals surface area contributed by atoms with E-state index in [2.05, 4.69) is 41.3 Å². The first kappa shape index (κ1) is 13.8. The fourth-order valence-corrected chi connectivity index (χ4v) is 2.86. The Morgan fingerprint density at radius 3 is 2.89 bits per heavy atom. The number of rotatable bonds is 6. The third kappa shape index (κ3) is 4.21. The monoisotopic (exact) mass is 277 g/mol. The minimum absolute atomic E-state index is 0.322. The molecule has 0 amide bonds. The Labute approximate surface area is 117 Å². The van der Waals surface area contributed by atoms with Crippen molar-refractivity contribution in [2.45, 2.75) is 33.2 Å². The standard InChI is InChI=1S/C14H19N3OS/c1-4-18-14-8-13(15-9-16-14)17-10(2)7-12-6-5-11(3)19-12/h5-6,8-10H,4,7H2,1-3H3,(H,15,16,17). The summed E-state index contributed by atoms with van der Waals surface area (Å²) in [5.41, 5.74) is 0. The molecule has 0 radical (unpaired) electrons. The van der Waals surface area contributed by atoms with Gasteiger partial charge in [0.1, 0.15) is 12.1 Å². The molecule has 0 spiro atoms. The molecule has 0 aliphatic carbocycles. The SMILES string of the molecule is CCOc1cc(NC(C)Cc2ccc(C)s2)ncn1. The van der Waals surface area contributed by atoms with Crippen LogP contribution in [0.5, 0.6) is 5.88 Å². The average molecular weight is 277 g/mol. The molecule has 2 rings (SSSR count). The molecule has 0 aromatic carbocycles. The lowest BCUT2D eigenvalue weighted by Crippen LogP contribution is -2.18. The molecule has 4 nitrogen and oxygen atoms in total. The van der Waals surface area contributed by atoms with E-state index in [9.17, 15) is 0 Å². The van der Waals surface area contributed by atoms with Crippen molar-refractivity contribution >= 4 is 17.2 Å². The topological polar surface area (TPSA) is 47.0 Å². The fourth-order valence-electron chi connectivity index (χ4n) is 1.85. The molecule has 0 bridgehead atoms. The van der Waals surface area contributed by atoms with Crippen LogP contribution in [0.2, 0.25) is 0 Å². The lowest BCUT2D eigenvalue weighted by molar-refractivity contribution is 0.326. The van der Waals surface area contributed by atoms with Gasteiger partial charge in [-0.1, -0.05) is 0 Å². The number of nitrogens with one attached hydrogen (secondary N) is 1. The molecule has 0 aliphatic rings. The van der Waals surface area contributed by atoms with Crippen LogP contribution in [0, 0.1) is 6.92 Å². The molecule has 0 saturated carbocycles. The maximum atomic E-state index is 5.36. The van der Waals surface area contributed by atoms with Gasteiger partial charge in [-0.15, -0.1) is 11.3 Å². The molecule has 1 unspecified atom stereocenters. The number of anilines is 1.